The Hall–Kier alpha value is -2.88. The van der Waals surface area contributed by atoms with Crippen molar-refractivity contribution in [3.63, 3.8) is 0 Å². The van der Waals surface area contributed by atoms with Crippen LogP contribution in [0.3, 0.4) is 0 Å². The molecule has 0 bridgehead atoms. The SMILES string of the molecule is Cc1c(C#N)c(NC(=O)C[NH+]2CCC[C@H]2c2cccs2)n(Cc2ccccc2)c1C. The lowest BCUT2D eigenvalue weighted by atomic mass is 10.2. The van der Waals surface area contributed by atoms with E-state index in [1.165, 1.54) is 9.78 Å². The zero-order chi connectivity index (χ0) is 21.1. The molecule has 0 aliphatic carbocycles. The second-order valence-electron chi connectivity index (χ2n) is 7.96. The van der Waals surface area contributed by atoms with E-state index in [1.807, 2.05) is 32.0 Å². The van der Waals surface area contributed by atoms with E-state index in [4.69, 9.17) is 0 Å². The van der Waals surface area contributed by atoms with Crippen LogP contribution in [0.25, 0.3) is 0 Å². The van der Waals surface area contributed by atoms with E-state index in [0.29, 0.717) is 30.5 Å². The van der Waals surface area contributed by atoms with Crippen molar-refractivity contribution >= 4 is 23.1 Å². The molecule has 1 aromatic carbocycles. The number of nitriles is 1. The molecule has 1 fully saturated rings. The highest BCUT2D eigenvalue weighted by atomic mass is 32.1. The zero-order valence-corrected chi connectivity index (χ0v) is 18.3. The largest absolute Gasteiger partial charge is 0.326 e. The van der Waals surface area contributed by atoms with Crippen molar-refractivity contribution in [3.8, 4) is 6.07 Å². The lowest BCUT2D eigenvalue weighted by Crippen LogP contribution is -3.11. The summed E-state index contributed by atoms with van der Waals surface area (Å²) < 4.78 is 2.05. The highest BCUT2D eigenvalue weighted by molar-refractivity contribution is 7.10. The van der Waals surface area contributed by atoms with Crippen molar-refractivity contribution in [3.05, 3.63) is 75.1 Å². The summed E-state index contributed by atoms with van der Waals surface area (Å²) in [5, 5.41) is 14.9. The van der Waals surface area contributed by atoms with Gasteiger partial charge in [0.25, 0.3) is 5.91 Å². The second kappa shape index (κ2) is 8.86. The maximum absolute atomic E-state index is 13.0. The lowest BCUT2D eigenvalue weighted by Gasteiger charge is -2.20. The molecule has 0 spiro atoms. The van der Waals surface area contributed by atoms with E-state index in [-0.39, 0.29) is 5.91 Å². The van der Waals surface area contributed by atoms with Crippen LogP contribution in [0.2, 0.25) is 0 Å². The van der Waals surface area contributed by atoms with Crippen molar-refractivity contribution in [1.29, 1.82) is 5.26 Å². The van der Waals surface area contributed by atoms with E-state index < -0.39 is 0 Å². The number of thiophene rings is 1. The van der Waals surface area contributed by atoms with Crippen LogP contribution < -0.4 is 10.2 Å². The van der Waals surface area contributed by atoms with Crippen LogP contribution in [0.15, 0.2) is 47.8 Å². The summed E-state index contributed by atoms with van der Waals surface area (Å²) in [6, 6.07) is 17.1. The summed E-state index contributed by atoms with van der Waals surface area (Å²) in [5.41, 5.74) is 3.63. The van der Waals surface area contributed by atoms with Crippen LogP contribution in [-0.2, 0) is 11.3 Å². The second-order valence-corrected chi connectivity index (χ2v) is 8.94. The lowest BCUT2D eigenvalue weighted by molar-refractivity contribution is -0.910. The molecular formula is C24H27N4OS+. The fraction of sp³-hybridized carbons (Fsp3) is 0.333. The molecule has 6 heteroatoms. The quantitative estimate of drug-likeness (QED) is 0.643. The predicted octanol–water partition coefficient (Wildman–Crippen LogP) is 3.44. The number of anilines is 1. The van der Waals surface area contributed by atoms with Gasteiger partial charge in [-0.05, 0) is 36.4 Å². The molecule has 1 unspecified atom stereocenters. The minimum atomic E-state index is -0.0308. The van der Waals surface area contributed by atoms with Gasteiger partial charge in [0.1, 0.15) is 17.9 Å². The Labute approximate surface area is 181 Å². The molecule has 154 valence electrons. The number of nitrogens with one attached hydrogen (secondary N) is 2. The first-order valence-corrected chi connectivity index (χ1v) is 11.3. The van der Waals surface area contributed by atoms with E-state index in [0.717, 1.165) is 36.2 Å². The van der Waals surface area contributed by atoms with Gasteiger partial charge in [0.05, 0.1) is 17.0 Å². The van der Waals surface area contributed by atoms with Gasteiger partial charge in [0.2, 0.25) is 0 Å². The molecule has 3 heterocycles. The Bertz CT molecular complexity index is 1060. The fourth-order valence-electron chi connectivity index (χ4n) is 4.43. The number of amides is 1. The van der Waals surface area contributed by atoms with Gasteiger partial charge in [-0.25, -0.2) is 0 Å². The van der Waals surface area contributed by atoms with Crippen LogP contribution in [0.1, 0.15) is 46.1 Å². The maximum Gasteiger partial charge on any atom is 0.280 e. The first kappa shape index (κ1) is 20.4. The van der Waals surface area contributed by atoms with Crippen molar-refractivity contribution in [2.75, 3.05) is 18.4 Å². The van der Waals surface area contributed by atoms with Gasteiger partial charge >= 0.3 is 0 Å². The monoisotopic (exact) mass is 419 g/mol. The van der Waals surface area contributed by atoms with Crippen molar-refractivity contribution in [2.24, 2.45) is 0 Å². The highest BCUT2D eigenvalue weighted by Crippen LogP contribution is 2.27. The van der Waals surface area contributed by atoms with E-state index in [1.54, 1.807) is 11.3 Å². The molecule has 2 N–H and O–H groups in total. The number of aromatic nitrogens is 1. The molecule has 2 aromatic heterocycles. The van der Waals surface area contributed by atoms with Gasteiger partial charge < -0.3 is 14.8 Å². The zero-order valence-electron chi connectivity index (χ0n) is 17.4. The summed E-state index contributed by atoms with van der Waals surface area (Å²) in [6.07, 6.45) is 2.26. The van der Waals surface area contributed by atoms with Crippen LogP contribution in [0.4, 0.5) is 5.82 Å². The number of benzene rings is 1. The Balaban J connectivity index is 1.55. The molecule has 5 nitrogen and oxygen atoms in total. The van der Waals surface area contributed by atoms with Crippen molar-refractivity contribution in [2.45, 2.75) is 39.3 Å². The summed E-state index contributed by atoms with van der Waals surface area (Å²) >= 11 is 1.77. The molecule has 1 aliphatic heterocycles. The average molecular weight is 420 g/mol. The third kappa shape index (κ3) is 4.04. The van der Waals surface area contributed by atoms with Crippen molar-refractivity contribution in [1.82, 2.24) is 4.57 Å². The molecular weight excluding hydrogens is 392 g/mol. The topological polar surface area (TPSA) is 62.3 Å². The molecule has 0 radical (unpaired) electrons. The molecule has 1 amide bonds. The van der Waals surface area contributed by atoms with Crippen LogP contribution in [0.5, 0.6) is 0 Å². The van der Waals surface area contributed by atoms with Gasteiger partial charge in [0, 0.05) is 25.1 Å². The summed E-state index contributed by atoms with van der Waals surface area (Å²) in [4.78, 5) is 15.7. The number of hydrogen-bond acceptors (Lipinski definition) is 3. The first-order chi connectivity index (χ1) is 14.6. The van der Waals surface area contributed by atoms with Crippen LogP contribution in [-0.4, -0.2) is 23.6 Å². The fourth-order valence-corrected chi connectivity index (χ4v) is 5.35. The van der Waals surface area contributed by atoms with E-state index >= 15 is 0 Å². The van der Waals surface area contributed by atoms with Gasteiger partial charge in [-0.1, -0.05) is 36.4 Å². The predicted molar refractivity (Wildman–Crippen MR) is 120 cm³/mol. The molecule has 1 aliphatic rings. The highest BCUT2D eigenvalue weighted by Gasteiger charge is 2.32. The molecule has 2 atom stereocenters. The van der Waals surface area contributed by atoms with Gasteiger partial charge in [-0.2, -0.15) is 5.26 Å². The Morgan fingerprint density at radius 3 is 2.77 bits per heavy atom. The van der Waals surface area contributed by atoms with Gasteiger partial charge in [-0.3, -0.25) is 4.79 Å². The van der Waals surface area contributed by atoms with Crippen molar-refractivity contribution < 1.29 is 9.69 Å². The normalized spacial score (nSPS) is 18.3. The van der Waals surface area contributed by atoms with Gasteiger partial charge in [0.15, 0.2) is 6.54 Å². The molecule has 30 heavy (non-hydrogen) atoms. The van der Waals surface area contributed by atoms with Crippen LogP contribution in [0, 0.1) is 25.2 Å². The minimum absolute atomic E-state index is 0.0308. The smallest absolute Gasteiger partial charge is 0.280 e. The Kier molecular flexibility index (Phi) is 6.03. The number of rotatable bonds is 6. The number of quaternary nitrogens is 1. The van der Waals surface area contributed by atoms with E-state index in [9.17, 15) is 10.1 Å². The average Bonchev–Trinajstić information content (AvgIpc) is 3.47. The Morgan fingerprint density at radius 1 is 1.27 bits per heavy atom. The number of carbonyl (C=O) groups is 1. The molecule has 0 saturated carbocycles. The number of hydrogen-bond donors (Lipinski definition) is 2. The third-order valence-corrected chi connectivity index (χ3v) is 7.13. The maximum atomic E-state index is 13.0. The summed E-state index contributed by atoms with van der Waals surface area (Å²) in [7, 11) is 0. The Morgan fingerprint density at radius 2 is 2.07 bits per heavy atom. The standard InChI is InChI=1S/C24H26N4OS/c1-17-18(2)28(15-19-8-4-3-5-9-19)24(20(17)14-25)26-23(29)16-27-12-6-10-21(27)22-11-7-13-30-22/h3-5,7-9,11,13,21H,6,10,12,15-16H2,1-2H3,(H,26,29)/p+1/t21-/m0/s1. The number of likely N-dealkylation sites (tertiary alicyclic amines) is 1. The molecule has 4 rings (SSSR count). The van der Waals surface area contributed by atoms with Gasteiger partial charge in [-0.15, -0.1) is 11.3 Å². The van der Waals surface area contributed by atoms with E-state index in [2.05, 4.69) is 45.6 Å². The summed E-state index contributed by atoms with van der Waals surface area (Å²) in [6.45, 7) is 6.00. The number of carbonyl (C=O) groups excluding carboxylic acids is 1. The molecule has 3 aromatic rings. The van der Waals surface area contributed by atoms with Crippen LogP contribution >= 0.6 is 11.3 Å². The minimum Gasteiger partial charge on any atom is -0.326 e. The number of nitrogens with zero attached hydrogens (tertiary/aromatic N) is 2. The third-order valence-electron chi connectivity index (χ3n) is 6.14. The summed E-state index contributed by atoms with van der Waals surface area (Å²) in [5.74, 6) is 0.587. The first-order valence-electron chi connectivity index (χ1n) is 10.4. The molecule has 1 saturated heterocycles.